The fourth-order valence-corrected chi connectivity index (χ4v) is 2.32. The second-order valence-corrected chi connectivity index (χ2v) is 5.96. The van der Waals surface area contributed by atoms with E-state index in [2.05, 4.69) is 10.1 Å². The summed E-state index contributed by atoms with van der Waals surface area (Å²) in [5.41, 5.74) is 5.40. The van der Waals surface area contributed by atoms with Crippen LogP contribution in [0, 0.1) is 5.82 Å². The highest BCUT2D eigenvalue weighted by atomic mass is 35.5. The second kappa shape index (κ2) is 9.57. The topological polar surface area (TPSA) is 73.6 Å². The molecule has 5 nitrogen and oxygen atoms in total. The molecule has 0 aromatic heterocycles. The third-order valence-corrected chi connectivity index (χ3v) is 3.75. The fraction of sp³-hybridized carbons (Fsp3) is 0.167. The van der Waals surface area contributed by atoms with Crippen molar-refractivity contribution < 1.29 is 36.2 Å². The molecule has 0 saturated carbocycles. The lowest BCUT2D eigenvalue weighted by molar-refractivity contribution is -0.275. The molecule has 2 aromatic carbocycles. The van der Waals surface area contributed by atoms with Crippen molar-refractivity contribution in [1.29, 1.82) is 0 Å². The minimum Gasteiger partial charge on any atom is -0.489 e. The van der Waals surface area contributed by atoms with Crippen molar-refractivity contribution in [2.75, 3.05) is 18.5 Å². The van der Waals surface area contributed by atoms with Gasteiger partial charge in [0.15, 0.2) is 11.6 Å². The number of benzene rings is 2. The van der Waals surface area contributed by atoms with Crippen LogP contribution in [0.2, 0.25) is 5.02 Å². The normalized spacial score (nSPS) is 11.9. The van der Waals surface area contributed by atoms with Gasteiger partial charge in [-0.3, -0.25) is 4.79 Å². The van der Waals surface area contributed by atoms with Crippen molar-refractivity contribution in [3.05, 3.63) is 64.7 Å². The van der Waals surface area contributed by atoms with Crippen molar-refractivity contribution in [2.24, 2.45) is 5.73 Å². The molecular formula is C18H14ClF5N2O3. The van der Waals surface area contributed by atoms with E-state index in [1.54, 1.807) is 0 Å². The number of hydrogen-bond acceptors (Lipinski definition) is 4. The van der Waals surface area contributed by atoms with Gasteiger partial charge in [0.25, 0.3) is 5.91 Å². The number of carbonyl (C=O) groups is 1. The summed E-state index contributed by atoms with van der Waals surface area (Å²) in [6.07, 6.45) is -4.72. The third kappa shape index (κ3) is 6.61. The van der Waals surface area contributed by atoms with E-state index in [-0.39, 0.29) is 40.7 Å². The van der Waals surface area contributed by atoms with Gasteiger partial charge in [-0.25, -0.2) is 8.78 Å². The van der Waals surface area contributed by atoms with Gasteiger partial charge in [0.2, 0.25) is 0 Å². The van der Waals surface area contributed by atoms with Gasteiger partial charge < -0.3 is 20.5 Å². The molecule has 0 spiro atoms. The van der Waals surface area contributed by atoms with Crippen LogP contribution in [0.1, 0.15) is 10.4 Å². The maximum Gasteiger partial charge on any atom is 0.573 e. The number of anilines is 1. The van der Waals surface area contributed by atoms with Crippen LogP contribution in [0.15, 0.2) is 48.3 Å². The first kappa shape index (κ1) is 22.4. The lowest BCUT2D eigenvalue weighted by atomic mass is 10.2. The molecule has 11 heteroatoms. The first-order valence-electron chi connectivity index (χ1n) is 7.90. The summed E-state index contributed by atoms with van der Waals surface area (Å²) in [5.74, 6) is -2.84. The van der Waals surface area contributed by atoms with Crippen LogP contribution in [0.5, 0.6) is 11.5 Å². The average molecular weight is 437 g/mol. The molecule has 3 N–H and O–H groups in total. The summed E-state index contributed by atoms with van der Waals surface area (Å²) < 4.78 is 71.5. The summed E-state index contributed by atoms with van der Waals surface area (Å²) >= 11 is 6.03. The van der Waals surface area contributed by atoms with Gasteiger partial charge in [0.1, 0.15) is 12.4 Å². The van der Waals surface area contributed by atoms with Gasteiger partial charge in [0.05, 0.1) is 16.9 Å². The average Bonchev–Trinajstić information content (AvgIpc) is 2.64. The molecule has 0 aliphatic carbocycles. The van der Waals surface area contributed by atoms with Gasteiger partial charge in [0, 0.05) is 23.9 Å². The number of nitrogens with one attached hydrogen (secondary N) is 1. The molecule has 0 bridgehead atoms. The summed E-state index contributed by atoms with van der Waals surface area (Å²) in [6, 6.07) is 6.45. The van der Waals surface area contributed by atoms with E-state index in [9.17, 15) is 26.7 Å². The number of nitrogens with two attached hydrogens (primary N) is 1. The number of carbonyl (C=O) groups excluding carboxylic acids is 1. The zero-order valence-electron chi connectivity index (χ0n) is 14.5. The van der Waals surface area contributed by atoms with Crippen LogP contribution < -0.4 is 20.5 Å². The van der Waals surface area contributed by atoms with Crippen LogP contribution in [-0.4, -0.2) is 25.4 Å². The molecule has 156 valence electrons. The summed E-state index contributed by atoms with van der Waals surface area (Å²) in [5, 5.41) is 2.28. The van der Waals surface area contributed by atoms with Crippen LogP contribution in [0.25, 0.3) is 0 Å². The molecule has 29 heavy (non-hydrogen) atoms. The monoisotopic (exact) mass is 436 g/mol. The molecule has 0 unspecified atom stereocenters. The molecule has 0 fully saturated rings. The lowest BCUT2D eigenvalue weighted by Gasteiger charge is -2.12. The van der Waals surface area contributed by atoms with E-state index >= 15 is 0 Å². The molecule has 2 aromatic rings. The van der Waals surface area contributed by atoms with Crippen LogP contribution >= 0.6 is 11.6 Å². The Labute approximate surface area is 166 Å². The molecule has 1 amide bonds. The molecular weight excluding hydrogens is 423 g/mol. The quantitative estimate of drug-likeness (QED) is 0.610. The Morgan fingerprint density at radius 1 is 1.21 bits per heavy atom. The zero-order valence-corrected chi connectivity index (χ0v) is 15.3. The Morgan fingerprint density at radius 2 is 1.93 bits per heavy atom. The van der Waals surface area contributed by atoms with Crippen LogP contribution in [0.3, 0.4) is 0 Å². The number of amides is 1. The Morgan fingerprint density at radius 3 is 2.48 bits per heavy atom. The van der Waals surface area contributed by atoms with Crippen LogP contribution in [0.4, 0.5) is 27.6 Å². The number of halogens is 6. The van der Waals surface area contributed by atoms with Crippen molar-refractivity contribution in [1.82, 2.24) is 0 Å². The molecule has 0 aliphatic heterocycles. The fourth-order valence-electron chi connectivity index (χ4n) is 2.07. The molecule has 0 heterocycles. The Hall–Kier alpha value is -2.85. The predicted octanol–water partition coefficient (Wildman–Crippen LogP) is 4.82. The highest BCUT2D eigenvalue weighted by Gasteiger charge is 2.32. The van der Waals surface area contributed by atoms with E-state index in [1.807, 2.05) is 0 Å². The van der Waals surface area contributed by atoms with Crippen molar-refractivity contribution >= 4 is 23.2 Å². The van der Waals surface area contributed by atoms with E-state index in [1.165, 1.54) is 18.2 Å². The van der Waals surface area contributed by atoms with Crippen molar-refractivity contribution in [2.45, 2.75) is 6.36 Å². The molecule has 2 rings (SSSR count). The number of rotatable bonds is 7. The Balaban J connectivity index is 2.08. The van der Waals surface area contributed by atoms with Gasteiger partial charge >= 0.3 is 6.36 Å². The smallest absolute Gasteiger partial charge is 0.489 e. The largest absolute Gasteiger partial charge is 0.573 e. The molecule has 0 atom stereocenters. The highest BCUT2D eigenvalue weighted by Crippen LogP contribution is 2.28. The number of alkyl halides is 3. The van der Waals surface area contributed by atoms with E-state index in [0.29, 0.717) is 12.4 Å². The summed E-state index contributed by atoms with van der Waals surface area (Å²) in [7, 11) is 0. The first-order chi connectivity index (χ1) is 13.6. The standard InChI is InChI=1S/C18H14ClF5N2O3/c19-14-6-12(28-9-10(7-20)8-25)2-3-13(14)17(27)26-11-1-4-16(15(21)5-11)29-18(22,23)24/h1-7H,8-9,25H2,(H,26,27)/b10-7-. The third-order valence-electron chi connectivity index (χ3n) is 3.44. The van der Waals surface area contributed by atoms with Gasteiger partial charge in [-0.1, -0.05) is 11.6 Å². The SMILES string of the molecule is NC/C(=C/F)COc1ccc(C(=O)Nc2ccc(OC(F)(F)F)c(F)c2)c(Cl)c1. The molecule has 0 radical (unpaired) electrons. The zero-order chi connectivity index (χ0) is 21.6. The van der Waals surface area contributed by atoms with E-state index in [0.717, 1.165) is 12.1 Å². The molecule has 0 aliphatic rings. The summed E-state index contributed by atoms with van der Waals surface area (Å²) in [4.78, 5) is 12.3. The molecule has 0 saturated heterocycles. The maximum absolute atomic E-state index is 13.7. The number of hydrogen-bond donors (Lipinski definition) is 2. The highest BCUT2D eigenvalue weighted by molar-refractivity contribution is 6.34. The number of ether oxygens (including phenoxy) is 2. The lowest BCUT2D eigenvalue weighted by Crippen LogP contribution is -2.18. The first-order valence-corrected chi connectivity index (χ1v) is 8.28. The second-order valence-electron chi connectivity index (χ2n) is 5.55. The minimum absolute atomic E-state index is 0.00451. The Kier molecular flexibility index (Phi) is 7.40. The maximum atomic E-state index is 13.7. The van der Waals surface area contributed by atoms with Crippen molar-refractivity contribution in [3.8, 4) is 11.5 Å². The minimum atomic E-state index is -5.05. The summed E-state index contributed by atoms with van der Waals surface area (Å²) in [6.45, 7) is -0.144. The van der Waals surface area contributed by atoms with Gasteiger partial charge in [-0.2, -0.15) is 0 Å². The van der Waals surface area contributed by atoms with Crippen molar-refractivity contribution in [3.63, 3.8) is 0 Å². The van der Waals surface area contributed by atoms with Gasteiger partial charge in [-0.15, -0.1) is 13.2 Å². The van der Waals surface area contributed by atoms with Gasteiger partial charge in [-0.05, 0) is 30.3 Å². The van der Waals surface area contributed by atoms with E-state index in [4.69, 9.17) is 22.1 Å². The Bertz CT molecular complexity index is 919. The van der Waals surface area contributed by atoms with Crippen LogP contribution in [-0.2, 0) is 0 Å². The predicted molar refractivity (Wildman–Crippen MR) is 96.2 cm³/mol. The van der Waals surface area contributed by atoms with E-state index < -0.39 is 23.8 Å².